The summed E-state index contributed by atoms with van der Waals surface area (Å²) in [6.07, 6.45) is 4.81. The van der Waals surface area contributed by atoms with Gasteiger partial charge in [-0.15, -0.1) is 0 Å². The van der Waals surface area contributed by atoms with Gasteiger partial charge in [0.15, 0.2) is 0 Å². The molecule has 0 spiro atoms. The van der Waals surface area contributed by atoms with Gasteiger partial charge in [-0.25, -0.2) is 0 Å². The van der Waals surface area contributed by atoms with E-state index in [0.29, 0.717) is 10.8 Å². The molecule has 0 amide bonds. The zero-order valence-corrected chi connectivity index (χ0v) is 10.0. The van der Waals surface area contributed by atoms with Crippen molar-refractivity contribution in [3.63, 3.8) is 0 Å². The van der Waals surface area contributed by atoms with Crippen molar-refractivity contribution in [2.45, 2.75) is 51.4 Å². The van der Waals surface area contributed by atoms with Crippen molar-refractivity contribution in [2.75, 3.05) is 0 Å². The second kappa shape index (κ2) is 2.65. The lowest BCUT2D eigenvalue weighted by Crippen LogP contribution is -2.34. The average molecular weight is 191 g/mol. The maximum Gasteiger partial charge on any atom is 0.0266 e. The topological polar surface area (TPSA) is 4.93 Å². The standard InChI is InChI=1S/C13H21N/c1-12(2)7-8-13(3,4)11-10(12)6-9-14(11)5/h6,9H,7-8H2,1-5H3. The molecule has 0 aromatic carbocycles. The molecule has 0 atom stereocenters. The van der Waals surface area contributed by atoms with Gasteiger partial charge in [-0.3, -0.25) is 0 Å². The van der Waals surface area contributed by atoms with Crippen LogP contribution in [-0.2, 0) is 17.9 Å². The van der Waals surface area contributed by atoms with Gasteiger partial charge in [0.05, 0.1) is 0 Å². The highest BCUT2D eigenvalue weighted by molar-refractivity contribution is 5.37. The van der Waals surface area contributed by atoms with Gasteiger partial charge in [0, 0.05) is 24.4 Å². The molecule has 0 fully saturated rings. The first-order chi connectivity index (χ1) is 6.34. The van der Waals surface area contributed by atoms with Crippen LogP contribution in [0.3, 0.4) is 0 Å². The van der Waals surface area contributed by atoms with Gasteiger partial charge < -0.3 is 4.57 Å². The number of aromatic nitrogens is 1. The van der Waals surface area contributed by atoms with E-state index < -0.39 is 0 Å². The maximum absolute atomic E-state index is 2.36. The largest absolute Gasteiger partial charge is 0.354 e. The molecule has 1 aromatic rings. The SMILES string of the molecule is Cn1ccc2c1C(C)(C)CCC2(C)C. The Morgan fingerprint density at radius 2 is 1.64 bits per heavy atom. The minimum Gasteiger partial charge on any atom is -0.354 e. The summed E-state index contributed by atoms with van der Waals surface area (Å²) in [6, 6.07) is 2.30. The molecule has 1 aromatic heterocycles. The molecular weight excluding hydrogens is 170 g/mol. The highest BCUT2D eigenvalue weighted by Gasteiger charge is 2.38. The predicted octanol–water partition coefficient (Wildman–Crippen LogP) is 3.37. The van der Waals surface area contributed by atoms with Crippen LogP contribution < -0.4 is 0 Å². The van der Waals surface area contributed by atoms with Crippen molar-refractivity contribution in [2.24, 2.45) is 7.05 Å². The predicted molar refractivity (Wildman–Crippen MR) is 60.7 cm³/mol. The molecule has 1 heteroatoms. The monoisotopic (exact) mass is 191 g/mol. The van der Waals surface area contributed by atoms with Crippen LogP contribution in [0.2, 0.25) is 0 Å². The lowest BCUT2D eigenvalue weighted by Gasteiger charge is -2.40. The molecule has 78 valence electrons. The molecule has 0 N–H and O–H groups in total. The number of hydrogen-bond donors (Lipinski definition) is 0. The van der Waals surface area contributed by atoms with Gasteiger partial charge >= 0.3 is 0 Å². The molecule has 14 heavy (non-hydrogen) atoms. The van der Waals surface area contributed by atoms with Gasteiger partial charge in [-0.2, -0.15) is 0 Å². The second-order valence-electron chi connectivity index (χ2n) is 5.96. The molecule has 0 saturated carbocycles. The van der Waals surface area contributed by atoms with Crippen LogP contribution in [0.15, 0.2) is 12.3 Å². The Kier molecular flexibility index (Phi) is 1.86. The Morgan fingerprint density at radius 3 is 2.21 bits per heavy atom. The van der Waals surface area contributed by atoms with E-state index in [1.807, 2.05) is 0 Å². The number of fused-ring (bicyclic) bond motifs is 1. The molecule has 1 heterocycles. The van der Waals surface area contributed by atoms with E-state index in [2.05, 4.69) is 51.6 Å². The van der Waals surface area contributed by atoms with Gasteiger partial charge in [0.2, 0.25) is 0 Å². The molecule has 0 radical (unpaired) electrons. The van der Waals surface area contributed by atoms with Crippen LogP contribution in [-0.4, -0.2) is 4.57 Å². The van der Waals surface area contributed by atoms with E-state index in [1.165, 1.54) is 18.5 Å². The fourth-order valence-corrected chi connectivity index (χ4v) is 2.80. The zero-order valence-electron chi connectivity index (χ0n) is 10.0. The summed E-state index contributed by atoms with van der Waals surface area (Å²) >= 11 is 0. The first-order valence-corrected chi connectivity index (χ1v) is 5.51. The Labute approximate surface area is 87.1 Å². The lowest BCUT2D eigenvalue weighted by atomic mass is 9.66. The molecule has 0 aliphatic heterocycles. The lowest BCUT2D eigenvalue weighted by molar-refractivity contribution is 0.319. The van der Waals surface area contributed by atoms with Crippen LogP contribution in [0.4, 0.5) is 0 Å². The summed E-state index contributed by atoms with van der Waals surface area (Å²) < 4.78 is 2.30. The van der Waals surface area contributed by atoms with Crippen molar-refractivity contribution < 1.29 is 0 Å². The summed E-state index contributed by atoms with van der Waals surface area (Å²) in [5, 5.41) is 0. The van der Waals surface area contributed by atoms with Crippen molar-refractivity contribution in [1.29, 1.82) is 0 Å². The first-order valence-electron chi connectivity index (χ1n) is 5.51. The minimum atomic E-state index is 0.350. The van der Waals surface area contributed by atoms with E-state index in [4.69, 9.17) is 0 Å². The normalized spacial score (nSPS) is 23.2. The Morgan fingerprint density at radius 1 is 1.07 bits per heavy atom. The summed E-state index contributed by atoms with van der Waals surface area (Å²) in [4.78, 5) is 0. The Bertz CT molecular complexity index is 355. The highest BCUT2D eigenvalue weighted by atomic mass is 14.9. The molecule has 0 unspecified atom stereocenters. The fraction of sp³-hybridized carbons (Fsp3) is 0.692. The number of hydrogen-bond acceptors (Lipinski definition) is 0. The third-order valence-electron chi connectivity index (χ3n) is 3.82. The molecule has 2 rings (SSSR count). The van der Waals surface area contributed by atoms with E-state index in [9.17, 15) is 0 Å². The van der Waals surface area contributed by atoms with Gasteiger partial charge in [-0.1, -0.05) is 27.7 Å². The van der Waals surface area contributed by atoms with Gasteiger partial charge in [-0.05, 0) is 29.9 Å². The van der Waals surface area contributed by atoms with Crippen LogP contribution in [0.1, 0.15) is 51.8 Å². The van der Waals surface area contributed by atoms with E-state index >= 15 is 0 Å². The smallest absolute Gasteiger partial charge is 0.0266 e. The third kappa shape index (κ3) is 1.22. The van der Waals surface area contributed by atoms with Crippen molar-refractivity contribution in [3.8, 4) is 0 Å². The average Bonchev–Trinajstić information content (AvgIpc) is 2.44. The number of rotatable bonds is 0. The number of nitrogens with zero attached hydrogens (tertiary/aromatic N) is 1. The van der Waals surface area contributed by atoms with Crippen LogP contribution in [0, 0.1) is 0 Å². The van der Waals surface area contributed by atoms with Crippen molar-refractivity contribution >= 4 is 0 Å². The molecule has 1 nitrogen and oxygen atoms in total. The fourth-order valence-electron chi connectivity index (χ4n) is 2.80. The quantitative estimate of drug-likeness (QED) is 0.592. The van der Waals surface area contributed by atoms with E-state index in [-0.39, 0.29) is 0 Å². The van der Waals surface area contributed by atoms with E-state index in [0.717, 1.165) is 0 Å². The Balaban J connectivity index is 2.64. The van der Waals surface area contributed by atoms with E-state index in [1.54, 1.807) is 5.56 Å². The first kappa shape index (κ1) is 9.82. The van der Waals surface area contributed by atoms with Crippen LogP contribution in [0.25, 0.3) is 0 Å². The van der Waals surface area contributed by atoms with Gasteiger partial charge in [0.25, 0.3) is 0 Å². The summed E-state index contributed by atoms with van der Waals surface area (Å²) in [5.74, 6) is 0. The minimum absolute atomic E-state index is 0.350. The summed E-state index contributed by atoms with van der Waals surface area (Å²) in [6.45, 7) is 9.45. The van der Waals surface area contributed by atoms with Gasteiger partial charge in [0.1, 0.15) is 0 Å². The second-order valence-corrected chi connectivity index (χ2v) is 5.96. The highest BCUT2D eigenvalue weighted by Crippen LogP contribution is 2.45. The summed E-state index contributed by atoms with van der Waals surface area (Å²) in [5.41, 5.74) is 3.81. The zero-order chi connectivity index (χ0) is 10.6. The van der Waals surface area contributed by atoms with Crippen LogP contribution >= 0.6 is 0 Å². The van der Waals surface area contributed by atoms with Crippen molar-refractivity contribution in [3.05, 3.63) is 23.5 Å². The molecule has 0 saturated heterocycles. The van der Waals surface area contributed by atoms with Crippen molar-refractivity contribution in [1.82, 2.24) is 4.57 Å². The molecule has 1 aliphatic carbocycles. The molecule has 1 aliphatic rings. The molecule has 0 bridgehead atoms. The maximum atomic E-state index is 2.36. The third-order valence-corrected chi connectivity index (χ3v) is 3.82. The Hall–Kier alpha value is -0.720. The molecular formula is C13H21N. The number of aryl methyl sites for hydroxylation is 1. The summed E-state index contributed by atoms with van der Waals surface area (Å²) in [7, 11) is 2.17. The van der Waals surface area contributed by atoms with Crippen LogP contribution in [0.5, 0.6) is 0 Å².